The molecule has 0 N–H and O–H groups in total. The molecule has 2 rings (SSSR count). The molecule has 0 saturated carbocycles. The number of hydrogen-bond donors (Lipinski definition) is 0. The fourth-order valence-electron chi connectivity index (χ4n) is 3.17. The van der Waals surface area contributed by atoms with Crippen LogP contribution >= 0.6 is 0 Å². The van der Waals surface area contributed by atoms with Crippen LogP contribution in [0.1, 0.15) is 16.7 Å². The minimum Gasteiger partial charge on any atom is -0.197 e. The lowest BCUT2D eigenvalue weighted by molar-refractivity contribution is 0.760. The normalized spacial score (nSPS) is 12.4. The number of nitriles is 2. The summed E-state index contributed by atoms with van der Waals surface area (Å²) in [5.41, 5.74) is 2.42. The molecule has 1 atom stereocenters. The summed E-state index contributed by atoms with van der Waals surface area (Å²) in [6.45, 7) is 4.55. The van der Waals surface area contributed by atoms with E-state index in [1.165, 1.54) is 5.56 Å². The molecule has 0 amide bonds. The largest absolute Gasteiger partial charge is 0.197 e. The summed E-state index contributed by atoms with van der Waals surface area (Å²) < 4.78 is 0. The van der Waals surface area contributed by atoms with Gasteiger partial charge in [0.25, 0.3) is 0 Å². The van der Waals surface area contributed by atoms with Crippen molar-refractivity contribution in [2.45, 2.75) is 24.7 Å². The Hall–Kier alpha value is -2.36. The zero-order chi connectivity index (χ0) is 16.0. The van der Waals surface area contributed by atoms with Crippen LogP contribution in [-0.4, -0.2) is 8.07 Å². The summed E-state index contributed by atoms with van der Waals surface area (Å²) in [4.78, 5) is 0. The first-order valence-electron chi connectivity index (χ1n) is 7.46. The van der Waals surface area contributed by atoms with Crippen LogP contribution in [0.3, 0.4) is 0 Å². The smallest absolute Gasteiger partial charge is 0.137 e. The summed E-state index contributed by atoms with van der Waals surface area (Å²) in [6, 6.07) is 25.8. The summed E-state index contributed by atoms with van der Waals surface area (Å²) in [7, 11) is -1.86. The Balaban J connectivity index is 2.40. The lowest BCUT2D eigenvalue weighted by atomic mass is 10.0. The molecule has 2 nitrogen and oxygen atoms in total. The number of hydrogen-bond acceptors (Lipinski definition) is 2. The minimum absolute atomic E-state index is 0.0175. The van der Waals surface area contributed by atoms with Gasteiger partial charge in [0.1, 0.15) is 5.92 Å². The van der Waals surface area contributed by atoms with Gasteiger partial charge < -0.3 is 0 Å². The maximum Gasteiger partial charge on any atom is 0.137 e. The molecule has 2 aromatic carbocycles. The van der Waals surface area contributed by atoms with Crippen LogP contribution in [0.15, 0.2) is 60.7 Å². The van der Waals surface area contributed by atoms with Crippen molar-refractivity contribution in [1.82, 2.24) is 0 Å². The molecule has 1 unspecified atom stereocenters. The van der Waals surface area contributed by atoms with E-state index in [0.29, 0.717) is 0 Å². The van der Waals surface area contributed by atoms with Gasteiger partial charge in [-0.3, -0.25) is 0 Å². The van der Waals surface area contributed by atoms with E-state index in [2.05, 4.69) is 37.4 Å². The fraction of sp³-hybridized carbons (Fsp3) is 0.263. The molecular weight excluding hydrogens is 284 g/mol. The Morgan fingerprint density at radius 2 is 1.36 bits per heavy atom. The van der Waals surface area contributed by atoms with Crippen molar-refractivity contribution >= 4 is 8.07 Å². The highest BCUT2D eigenvalue weighted by Crippen LogP contribution is 2.35. The monoisotopic (exact) mass is 304 g/mol. The van der Waals surface area contributed by atoms with Gasteiger partial charge in [0.15, 0.2) is 0 Å². The van der Waals surface area contributed by atoms with Crippen molar-refractivity contribution in [3.05, 3.63) is 71.8 Å². The Kier molecular flexibility index (Phi) is 5.15. The first-order chi connectivity index (χ1) is 10.6. The quantitative estimate of drug-likeness (QED) is 0.765. The van der Waals surface area contributed by atoms with Crippen molar-refractivity contribution in [2.24, 2.45) is 5.92 Å². The second-order valence-electron chi connectivity index (χ2n) is 6.28. The van der Waals surface area contributed by atoms with Gasteiger partial charge >= 0.3 is 0 Å². The Labute approximate surface area is 133 Å². The van der Waals surface area contributed by atoms with Gasteiger partial charge in [-0.25, -0.2) is 0 Å². The molecular formula is C19H20N2Si. The lowest BCUT2D eigenvalue weighted by Gasteiger charge is -2.34. The number of benzene rings is 2. The van der Waals surface area contributed by atoms with E-state index < -0.39 is 14.0 Å². The molecule has 0 bridgehead atoms. The van der Waals surface area contributed by atoms with Crippen LogP contribution in [0.4, 0.5) is 0 Å². The third kappa shape index (κ3) is 3.64. The molecule has 0 fully saturated rings. The zero-order valence-electron chi connectivity index (χ0n) is 13.0. The van der Waals surface area contributed by atoms with Gasteiger partial charge in [-0.15, -0.1) is 0 Å². The van der Waals surface area contributed by atoms with Crippen LogP contribution in [0.5, 0.6) is 0 Å². The fourth-order valence-corrected chi connectivity index (χ4v) is 6.82. The average Bonchev–Trinajstić information content (AvgIpc) is 2.53. The van der Waals surface area contributed by atoms with Crippen LogP contribution in [0.25, 0.3) is 0 Å². The van der Waals surface area contributed by atoms with Crippen LogP contribution in [0, 0.1) is 28.6 Å². The molecule has 0 aromatic heterocycles. The summed E-state index contributed by atoms with van der Waals surface area (Å²) in [5, 5.41) is 18.9. The van der Waals surface area contributed by atoms with E-state index in [4.69, 9.17) is 0 Å². The predicted molar refractivity (Wildman–Crippen MR) is 91.5 cm³/mol. The molecule has 0 heterocycles. The molecule has 0 aliphatic rings. The third-order valence-electron chi connectivity index (χ3n) is 4.11. The van der Waals surface area contributed by atoms with E-state index in [-0.39, 0.29) is 5.54 Å². The van der Waals surface area contributed by atoms with E-state index in [1.807, 2.05) is 48.5 Å². The molecule has 2 aromatic rings. The van der Waals surface area contributed by atoms with Crippen molar-refractivity contribution in [3.63, 3.8) is 0 Å². The van der Waals surface area contributed by atoms with Crippen molar-refractivity contribution in [2.75, 3.05) is 0 Å². The molecule has 0 aliphatic carbocycles. The van der Waals surface area contributed by atoms with Crippen LogP contribution in [0.2, 0.25) is 13.1 Å². The zero-order valence-corrected chi connectivity index (χ0v) is 14.0. The lowest BCUT2D eigenvalue weighted by Crippen LogP contribution is -2.41. The van der Waals surface area contributed by atoms with Crippen LogP contribution < -0.4 is 0 Å². The molecule has 0 aliphatic heterocycles. The second-order valence-corrected chi connectivity index (χ2v) is 11.2. The topological polar surface area (TPSA) is 47.6 Å². The number of nitrogens with zero attached hydrogens (tertiary/aromatic N) is 2. The SMILES string of the molecule is C[Si](C)(Cc1ccccc1)C(c1ccccc1)C(C#N)C#N. The van der Waals surface area contributed by atoms with Gasteiger partial charge in [0.2, 0.25) is 0 Å². The predicted octanol–water partition coefficient (Wildman–Crippen LogP) is 4.46. The summed E-state index contributed by atoms with van der Waals surface area (Å²) in [6.07, 6.45) is 0. The van der Waals surface area contributed by atoms with E-state index in [0.717, 1.165) is 11.6 Å². The molecule has 0 saturated heterocycles. The van der Waals surface area contributed by atoms with Crippen molar-refractivity contribution in [3.8, 4) is 12.1 Å². The highest BCUT2D eigenvalue weighted by Gasteiger charge is 2.39. The highest BCUT2D eigenvalue weighted by molar-refractivity contribution is 6.78. The number of rotatable bonds is 5. The first kappa shape index (κ1) is 16.0. The van der Waals surface area contributed by atoms with E-state index in [1.54, 1.807) is 0 Å². The maximum atomic E-state index is 9.44. The molecule has 22 heavy (non-hydrogen) atoms. The molecule has 110 valence electrons. The van der Waals surface area contributed by atoms with Gasteiger partial charge in [-0.1, -0.05) is 79.3 Å². The average molecular weight is 304 g/mol. The Morgan fingerprint density at radius 3 is 1.86 bits per heavy atom. The Morgan fingerprint density at radius 1 is 0.864 bits per heavy atom. The van der Waals surface area contributed by atoms with Gasteiger partial charge in [-0.2, -0.15) is 10.5 Å². The van der Waals surface area contributed by atoms with Crippen LogP contribution in [-0.2, 0) is 6.04 Å². The van der Waals surface area contributed by atoms with Gasteiger partial charge in [0, 0.05) is 5.54 Å². The Bertz CT molecular complexity index is 667. The second kappa shape index (κ2) is 7.07. The van der Waals surface area contributed by atoms with Gasteiger partial charge in [0.05, 0.1) is 20.2 Å². The minimum atomic E-state index is -1.86. The molecule has 3 heteroatoms. The van der Waals surface area contributed by atoms with Crippen molar-refractivity contribution in [1.29, 1.82) is 10.5 Å². The molecule has 0 spiro atoms. The van der Waals surface area contributed by atoms with E-state index >= 15 is 0 Å². The third-order valence-corrected chi connectivity index (χ3v) is 7.78. The summed E-state index contributed by atoms with van der Waals surface area (Å²) >= 11 is 0. The summed E-state index contributed by atoms with van der Waals surface area (Å²) in [5.74, 6) is -0.590. The standard InChI is InChI=1S/C19H20N2Si/c1-22(2,15-16-9-5-3-6-10-16)19(18(13-20)14-21)17-11-7-4-8-12-17/h3-12,18-19H,15H2,1-2H3. The van der Waals surface area contributed by atoms with E-state index in [9.17, 15) is 10.5 Å². The first-order valence-corrected chi connectivity index (χ1v) is 10.7. The van der Waals surface area contributed by atoms with Gasteiger partial charge in [-0.05, 0) is 11.6 Å². The van der Waals surface area contributed by atoms with Crippen molar-refractivity contribution < 1.29 is 0 Å². The molecule has 0 radical (unpaired) electrons. The maximum absolute atomic E-state index is 9.44. The highest BCUT2D eigenvalue weighted by atomic mass is 28.3.